The van der Waals surface area contributed by atoms with Gasteiger partial charge in [-0.15, -0.1) is 0 Å². The molecule has 0 radical (unpaired) electrons. The first-order valence-corrected chi connectivity index (χ1v) is 7.42. The lowest BCUT2D eigenvalue weighted by Crippen LogP contribution is -2.24. The zero-order valence-electron chi connectivity index (χ0n) is 11.3. The predicted molar refractivity (Wildman–Crippen MR) is 80.9 cm³/mol. The van der Waals surface area contributed by atoms with E-state index in [0.717, 1.165) is 27.8 Å². The first kappa shape index (κ1) is 13.6. The summed E-state index contributed by atoms with van der Waals surface area (Å²) in [6, 6.07) is 7.84. The average molecular weight is 334 g/mol. The van der Waals surface area contributed by atoms with Crippen LogP contribution in [0.2, 0.25) is 0 Å². The van der Waals surface area contributed by atoms with E-state index in [4.69, 9.17) is 4.74 Å². The Kier molecular flexibility index (Phi) is 3.52. The largest absolute Gasteiger partial charge is 0.493 e. The van der Waals surface area contributed by atoms with E-state index >= 15 is 0 Å². The number of fused-ring (bicyclic) bond motifs is 1. The van der Waals surface area contributed by atoms with Crippen LogP contribution in [-0.4, -0.2) is 16.7 Å². The summed E-state index contributed by atoms with van der Waals surface area (Å²) in [5.74, 6) is 0.928. The molecular weight excluding hydrogens is 318 g/mol. The molecule has 0 spiro atoms. The molecule has 1 aliphatic rings. The predicted octanol–water partition coefficient (Wildman–Crippen LogP) is 3.23. The molecule has 4 heteroatoms. The van der Waals surface area contributed by atoms with Crippen LogP contribution in [-0.2, 0) is 18.4 Å². The van der Waals surface area contributed by atoms with Crippen molar-refractivity contribution in [1.29, 1.82) is 0 Å². The highest BCUT2D eigenvalue weighted by molar-refractivity contribution is 9.10. The minimum absolute atomic E-state index is 0.500. The van der Waals surface area contributed by atoms with Gasteiger partial charge in [0.25, 0.3) is 0 Å². The van der Waals surface area contributed by atoms with Gasteiger partial charge in [-0.25, -0.2) is 0 Å². The summed E-state index contributed by atoms with van der Waals surface area (Å²) in [5, 5.41) is 10.8. The quantitative estimate of drug-likeness (QED) is 0.937. The fourth-order valence-corrected chi connectivity index (χ4v) is 3.18. The summed E-state index contributed by atoms with van der Waals surface area (Å²) in [6.45, 7) is 2.53. The zero-order valence-corrected chi connectivity index (χ0v) is 12.9. The molecule has 104 valence electrons. The number of hydrogen-bond acceptors (Lipinski definition) is 3. The van der Waals surface area contributed by atoms with E-state index in [1.165, 1.54) is 5.56 Å². The molecule has 0 aliphatic carbocycles. The monoisotopic (exact) mass is 333 g/mol. The number of halogens is 1. The molecule has 2 aromatic rings. The van der Waals surface area contributed by atoms with Gasteiger partial charge in [0.2, 0.25) is 0 Å². The van der Waals surface area contributed by atoms with Crippen molar-refractivity contribution < 1.29 is 9.84 Å². The van der Waals surface area contributed by atoms with Crippen LogP contribution in [0.15, 0.2) is 41.1 Å². The average Bonchev–Trinajstić information content (AvgIpc) is 2.87. The maximum absolute atomic E-state index is 10.8. The van der Waals surface area contributed by atoms with E-state index < -0.39 is 5.60 Å². The fourth-order valence-electron chi connectivity index (χ4n) is 2.63. The van der Waals surface area contributed by atoms with Gasteiger partial charge < -0.3 is 9.84 Å². The summed E-state index contributed by atoms with van der Waals surface area (Å²) < 4.78 is 6.75. The zero-order chi connectivity index (χ0) is 14.2. The summed E-state index contributed by atoms with van der Waals surface area (Å²) in [5.41, 5.74) is 2.08. The Morgan fingerprint density at radius 3 is 3.05 bits per heavy atom. The molecule has 2 heterocycles. The molecule has 1 N–H and O–H groups in total. The normalized spacial score (nSPS) is 16.4. The summed E-state index contributed by atoms with van der Waals surface area (Å²) in [6.07, 6.45) is 4.84. The number of rotatable bonds is 3. The second-order valence-corrected chi connectivity index (χ2v) is 6.26. The van der Waals surface area contributed by atoms with Gasteiger partial charge in [0.05, 0.1) is 12.2 Å². The van der Waals surface area contributed by atoms with Crippen molar-refractivity contribution in [3.63, 3.8) is 0 Å². The summed E-state index contributed by atoms with van der Waals surface area (Å²) >= 11 is 3.53. The van der Waals surface area contributed by atoms with Gasteiger partial charge in [0.15, 0.2) is 0 Å². The van der Waals surface area contributed by atoms with Crippen molar-refractivity contribution in [2.45, 2.75) is 25.4 Å². The van der Waals surface area contributed by atoms with E-state index in [1.54, 1.807) is 12.4 Å². The molecule has 0 bridgehead atoms. The van der Waals surface area contributed by atoms with E-state index in [-0.39, 0.29) is 0 Å². The number of aliphatic hydroxyl groups is 1. The lowest BCUT2D eigenvalue weighted by Gasteiger charge is -2.24. The maximum Gasteiger partial charge on any atom is 0.126 e. The molecule has 20 heavy (non-hydrogen) atoms. The van der Waals surface area contributed by atoms with Crippen molar-refractivity contribution in [1.82, 2.24) is 4.98 Å². The van der Waals surface area contributed by atoms with Crippen molar-refractivity contribution in [2.24, 2.45) is 0 Å². The molecule has 3 rings (SSSR count). The molecule has 0 saturated carbocycles. The van der Waals surface area contributed by atoms with E-state index in [0.29, 0.717) is 13.0 Å². The summed E-state index contributed by atoms with van der Waals surface area (Å²) in [7, 11) is 0. The Bertz CT molecular complexity index is 626. The van der Waals surface area contributed by atoms with Crippen molar-refractivity contribution in [3.8, 4) is 5.75 Å². The van der Waals surface area contributed by atoms with Gasteiger partial charge in [0.1, 0.15) is 5.75 Å². The Hall–Kier alpha value is -1.39. The Morgan fingerprint density at radius 2 is 2.30 bits per heavy atom. The highest BCUT2D eigenvalue weighted by Gasteiger charge is 2.27. The SMILES string of the molecule is CC(O)(Cc1cc(Br)cc2c1OCC2)c1cccnc1. The van der Waals surface area contributed by atoms with Crippen molar-refractivity contribution in [2.75, 3.05) is 6.61 Å². The molecule has 0 amide bonds. The number of pyridine rings is 1. The molecule has 1 atom stereocenters. The number of aromatic nitrogens is 1. The van der Waals surface area contributed by atoms with Crippen LogP contribution in [0, 0.1) is 0 Å². The molecule has 1 unspecified atom stereocenters. The van der Waals surface area contributed by atoms with Gasteiger partial charge in [-0.2, -0.15) is 0 Å². The lowest BCUT2D eigenvalue weighted by atomic mass is 9.89. The van der Waals surface area contributed by atoms with Crippen LogP contribution in [0.1, 0.15) is 23.6 Å². The summed E-state index contributed by atoms with van der Waals surface area (Å²) in [4.78, 5) is 4.08. The number of nitrogens with zero attached hydrogens (tertiary/aromatic N) is 1. The molecular formula is C16H16BrNO2. The van der Waals surface area contributed by atoms with Gasteiger partial charge in [-0.3, -0.25) is 4.98 Å². The van der Waals surface area contributed by atoms with Crippen LogP contribution < -0.4 is 4.74 Å². The van der Waals surface area contributed by atoms with Crippen LogP contribution in [0.3, 0.4) is 0 Å². The van der Waals surface area contributed by atoms with Gasteiger partial charge in [-0.05, 0) is 36.2 Å². The third kappa shape index (κ3) is 2.58. The smallest absolute Gasteiger partial charge is 0.126 e. The molecule has 0 fully saturated rings. The maximum atomic E-state index is 10.8. The molecule has 1 aliphatic heterocycles. The van der Waals surface area contributed by atoms with Crippen molar-refractivity contribution >= 4 is 15.9 Å². The van der Waals surface area contributed by atoms with E-state index in [1.807, 2.05) is 25.1 Å². The molecule has 0 saturated heterocycles. The van der Waals surface area contributed by atoms with Crippen LogP contribution >= 0.6 is 15.9 Å². The third-order valence-corrected chi connectivity index (χ3v) is 4.10. The molecule has 1 aromatic carbocycles. The van der Waals surface area contributed by atoms with Crippen LogP contribution in [0.25, 0.3) is 0 Å². The minimum Gasteiger partial charge on any atom is -0.493 e. The van der Waals surface area contributed by atoms with E-state index in [9.17, 15) is 5.11 Å². The second kappa shape index (κ2) is 5.19. The van der Waals surface area contributed by atoms with Crippen molar-refractivity contribution in [3.05, 3.63) is 57.8 Å². The Morgan fingerprint density at radius 1 is 1.45 bits per heavy atom. The number of hydrogen-bond donors (Lipinski definition) is 1. The van der Waals surface area contributed by atoms with Crippen LogP contribution in [0.5, 0.6) is 5.75 Å². The minimum atomic E-state index is -0.964. The van der Waals surface area contributed by atoms with Crippen LogP contribution in [0.4, 0.5) is 0 Å². The van der Waals surface area contributed by atoms with Gasteiger partial charge in [-0.1, -0.05) is 22.0 Å². The first-order chi connectivity index (χ1) is 9.56. The van der Waals surface area contributed by atoms with Gasteiger partial charge >= 0.3 is 0 Å². The number of ether oxygens (including phenoxy) is 1. The fraction of sp³-hybridized carbons (Fsp3) is 0.312. The highest BCUT2D eigenvalue weighted by Crippen LogP contribution is 2.36. The molecule has 1 aromatic heterocycles. The van der Waals surface area contributed by atoms with E-state index in [2.05, 4.69) is 27.0 Å². The molecule has 3 nitrogen and oxygen atoms in total. The standard InChI is InChI=1S/C16H16BrNO2/c1-16(19,13-3-2-5-18-10-13)9-12-8-14(17)7-11-4-6-20-15(11)12/h2-3,5,7-8,10,19H,4,6,9H2,1H3. The second-order valence-electron chi connectivity index (χ2n) is 5.34. The lowest BCUT2D eigenvalue weighted by molar-refractivity contribution is 0.0566. The topological polar surface area (TPSA) is 42.4 Å². The highest BCUT2D eigenvalue weighted by atomic mass is 79.9. The first-order valence-electron chi connectivity index (χ1n) is 6.63. The number of benzene rings is 1. The van der Waals surface area contributed by atoms with Gasteiger partial charge in [0, 0.05) is 35.3 Å². The Labute approximate surface area is 126 Å². The third-order valence-electron chi connectivity index (χ3n) is 3.64. The Balaban J connectivity index is 1.96.